The molecule has 1 spiro atoms. The van der Waals surface area contributed by atoms with Gasteiger partial charge in [0.15, 0.2) is 0 Å². The lowest BCUT2D eigenvalue weighted by Crippen LogP contribution is -2.41. The van der Waals surface area contributed by atoms with E-state index in [1.807, 2.05) is 18.2 Å². The second-order valence-electron chi connectivity index (χ2n) is 4.56. The zero-order chi connectivity index (χ0) is 11.2. The van der Waals surface area contributed by atoms with E-state index < -0.39 is 6.10 Å². The van der Waals surface area contributed by atoms with Gasteiger partial charge in [0, 0.05) is 23.9 Å². The number of benzene rings is 1. The molecule has 2 aliphatic heterocycles. The Bertz CT molecular complexity index is 413. The van der Waals surface area contributed by atoms with E-state index in [4.69, 9.17) is 4.74 Å². The molecule has 4 heteroatoms. The van der Waals surface area contributed by atoms with Crippen molar-refractivity contribution in [3.63, 3.8) is 0 Å². The van der Waals surface area contributed by atoms with Gasteiger partial charge in [0.25, 0.3) is 0 Å². The van der Waals surface area contributed by atoms with Gasteiger partial charge in [0.1, 0.15) is 11.9 Å². The minimum atomic E-state index is -0.427. The van der Waals surface area contributed by atoms with Crippen molar-refractivity contribution < 1.29 is 9.84 Å². The number of methoxy groups -OCH3 is 1. The van der Waals surface area contributed by atoms with Crippen LogP contribution in [-0.4, -0.2) is 30.8 Å². The number of rotatable bonds is 1. The quantitative estimate of drug-likeness (QED) is 0.658. The summed E-state index contributed by atoms with van der Waals surface area (Å²) in [4.78, 5) is 0. The summed E-state index contributed by atoms with van der Waals surface area (Å²) in [6.45, 7) is 1.76. The monoisotopic (exact) mass is 220 g/mol. The maximum Gasteiger partial charge on any atom is 0.120 e. The van der Waals surface area contributed by atoms with E-state index in [2.05, 4.69) is 10.6 Å². The maximum atomic E-state index is 10.4. The van der Waals surface area contributed by atoms with Crippen LogP contribution in [0.3, 0.4) is 0 Å². The van der Waals surface area contributed by atoms with Gasteiger partial charge in [0.2, 0.25) is 0 Å². The van der Waals surface area contributed by atoms with Gasteiger partial charge in [-0.2, -0.15) is 0 Å². The zero-order valence-corrected chi connectivity index (χ0v) is 9.29. The Morgan fingerprint density at radius 3 is 3.06 bits per heavy atom. The third-order valence-electron chi connectivity index (χ3n) is 3.65. The van der Waals surface area contributed by atoms with E-state index >= 15 is 0 Å². The highest BCUT2D eigenvalue weighted by Crippen LogP contribution is 2.45. The highest BCUT2D eigenvalue weighted by atomic mass is 16.5. The van der Waals surface area contributed by atoms with E-state index in [1.165, 1.54) is 0 Å². The summed E-state index contributed by atoms with van der Waals surface area (Å²) in [5.74, 6) is 0.821. The Balaban J connectivity index is 2.00. The highest BCUT2D eigenvalue weighted by Gasteiger charge is 2.47. The van der Waals surface area contributed by atoms with Crippen molar-refractivity contribution in [3.8, 4) is 5.75 Å². The van der Waals surface area contributed by atoms with E-state index in [9.17, 15) is 5.11 Å². The third kappa shape index (κ3) is 1.23. The predicted molar refractivity (Wildman–Crippen MR) is 61.8 cm³/mol. The summed E-state index contributed by atoms with van der Waals surface area (Å²) in [5.41, 5.74) is 1.76. The van der Waals surface area contributed by atoms with Gasteiger partial charge in [-0.25, -0.2) is 0 Å². The van der Waals surface area contributed by atoms with Crippen molar-refractivity contribution in [2.45, 2.75) is 18.1 Å². The molecule has 0 saturated carbocycles. The second kappa shape index (κ2) is 3.37. The van der Waals surface area contributed by atoms with E-state index in [0.29, 0.717) is 0 Å². The van der Waals surface area contributed by atoms with Gasteiger partial charge in [-0.3, -0.25) is 0 Å². The molecule has 4 nitrogen and oxygen atoms in total. The molecule has 1 saturated heterocycles. The van der Waals surface area contributed by atoms with Crippen LogP contribution in [0.5, 0.6) is 5.75 Å². The Morgan fingerprint density at radius 2 is 2.38 bits per heavy atom. The van der Waals surface area contributed by atoms with Crippen molar-refractivity contribution in [3.05, 3.63) is 23.8 Å². The minimum absolute atomic E-state index is 0.214. The first kappa shape index (κ1) is 9.93. The lowest BCUT2D eigenvalue weighted by atomic mass is 9.91. The lowest BCUT2D eigenvalue weighted by molar-refractivity contribution is 0.118. The highest BCUT2D eigenvalue weighted by molar-refractivity contribution is 5.63. The molecule has 2 atom stereocenters. The minimum Gasteiger partial charge on any atom is -0.497 e. The van der Waals surface area contributed by atoms with Gasteiger partial charge in [-0.15, -0.1) is 0 Å². The summed E-state index contributed by atoms with van der Waals surface area (Å²) >= 11 is 0. The summed E-state index contributed by atoms with van der Waals surface area (Å²) in [6, 6.07) is 5.79. The van der Waals surface area contributed by atoms with E-state index in [1.54, 1.807) is 7.11 Å². The molecule has 2 heterocycles. The van der Waals surface area contributed by atoms with Crippen LogP contribution in [0.4, 0.5) is 5.69 Å². The Morgan fingerprint density at radius 1 is 1.50 bits per heavy atom. The normalized spacial score (nSPS) is 31.5. The molecule has 86 valence electrons. The number of nitrogens with one attached hydrogen (secondary N) is 2. The fourth-order valence-electron chi connectivity index (χ4n) is 2.69. The average Bonchev–Trinajstić information content (AvgIpc) is 2.87. The first-order valence-corrected chi connectivity index (χ1v) is 5.60. The van der Waals surface area contributed by atoms with Crippen LogP contribution in [0, 0.1) is 0 Å². The van der Waals surface area contributed by atoms with Crippen LogP contribution in [0.15, 0.2) is 18.2 Å². The Kier molecular flexibility index (Phi) is 2.09. The van der Waals surface area contributed by atoms with Gasteiger partial charge in [0.05, 0.1) is 12.6 Å². The number of aliphatic hydroxyl groups excluding tert-OH is 1. The zero-order valence-electron chi connectivity index (χ0n) is 9.29. The van der Waals surface area contributed by atoms with Gasteiger partial charge in [-0.1, -0.05) is 6.07 Å². The number of hydrogen-bond acceptors (Lipinski definition) is 4. The average molecular weight is 220 g/mol. The molecule has 2 aliphatic rings. The fraction of sp³-hybridized carbons (Fsp3) is 0.500. The third-order valence-corrected chi connectivity index (χ3v) is 3.65. The molecule has 2 unspecified atom stereocenters. The van der Waals surface area contributed by atoms with Gasteiger partial charge >= 0.3 is 0 Å². The SMILES string of the molecule is COc1ccc2c(c1)NC1(CCNC1)C2O. The summed E-state index contributed by atoms with van der Waals surface area (Å²) in [5, 5.41) is 17.1. The Hall–Kier alpha value is -1.26. The van der Waals surface area contributed by atoms with Gasteiger partial charge in [-0.05, 0) is 19.0 Å². The van der Waals surface area contributed by atoms with Crippen LogP contribution >= 0.6 is 0 Å². The molecule has 1 aromatic rings. The van der Waals surface area contributed by atoms with Crippen molar-refractivity contribution in [1.82, 2.24) is 5.32 Å². The molecule has 3 N–H and O–H groups in total. The largest absolute Gasteiger partial charge is 0.497 e. The predicted octanol–water partition coefficient (Wildman–Crippen LogP) is 0.886. The van der Waals surface area contributed by atoms with Crippen LogP contribution in [0.25, 0.3) is 0 Å². The molecule has 16 heavy (non-hydrogen) atoms. The van der Waals surface area contributed by atoms with Crippen molar-refractivity contribution >= 4 is 5.69 Å². The molecule has 0 amide bonds. The molecule has 0 bridgehead atoms. The molecule has 1 fully saturated rings. The fourth-order valence-corrected chi connectivity index (χ4v) is 2.69. The summed E-state index contributed by atoms with van der Waals surface area (Å²) in [6.07, 6.45) is 0.522. The van der Waals surface area contributed by atoms with Crippen LogP contribution in [-0.2, 0) is 0 Å². The van der Waals surface area contributed by atoms with Crippen LogP contribution in [0.1, 0.15) is 18.1 Å². The summed E-state index contributed by atoms with van der Waals surface area (Å²) in [7, 11) is 1.65. The molecular weight excluding hydrogens is 204 g/mol. The topological polar surface area (TPSA) is 53.5 Å². The summed E-state index contributed by atoms with van der Waals surface area (Å²) < 4.78 is 5.19. The van der Waals surface area contributed by atoms with E-state index in [-0.39, 0.29) is 5.54 Å². The van der Waals surface area contributed by atoms with Crippen molar-refractivity contribution in [2.24, 2.45) is 0 Å². The maximum absolute atomic E-state index is 10.4. The number of aliphatic hydroxyl groups is 1. The smallest absolute Gasteiger partial charge is 0.120 e. The van der Waals surface area contributed by atoms with Crippen LogP contribution in [0.2, 0.25) is 0 Å². The molecule has 0 aliphatic carbocycles. The first-order chi connectivity index (χ1) is 7.75. The van der Waals surface area contributed by atoms with Crippen LogP contribution < -0.4 is 15.4 Å². The van der Waals surface area contributed by atoms with Crippen molar-refractivity contribution in [2.75, 3.05) is 25.5 Å². The number of hydrogen-bond donors (Lipinski definition) is 3. The standard InChI is InChI=1S/C12H16N2O2/c1-16-8-2-3-9-10(6-8)14-12(11(9)15)4-5-13-7-12/h2-3,6,11,13-15H,4-5,7H2,1H3. The molecular formula is C12H16N2O2. The first-order valence-electron chi connectivity index (χ1n) is 5.60. The number of ether oxygens (including phenoxy) is 1. The van der Waals surface area contributed by atoms with E-state index in [0.717, 1.165) is 36.5 Å². The molecule has 0 aromatic heterocycles. The van der Waals surface area contributed by atoms with Crippen molar-refractivity contribution in [1.29, 1.82) is 0 Å². The molecule has 0 radical (unpaired) electrons. The number of fused-ring (bicyclic) bond motifs is 1. The molecule has 1 aromatic carbocycles. The van der Waals surface area contributed by atoms with Gasteiger partial charge < -0.3 is 20.5 Å². The second-order valence-corrected chi connectivity index (χ2v) is 4.56. The Labute approximate surface area is 94.6 Å². The molecule has 3 rings (SSSR count). The number of anilines is 1. The lowest BCUT2D eigenvalue weighted by Gasteiger charge is -2.27.